The van der Waals surface area contributed by atoms with E-state index in [1.165, 1.54) is 46.4 Å². The first-order chi connectivity index (χ1) is 13.5. The summed E-state index contributed by atoms with van der Waals surface area (Å²) < 4.78 is 26.0. The van der Waals surface area contributed by atoms with E-state index in [1.807, 2.05) is 0 Å². The van der Waals surface area contributed by atoms with Gasteiger partial charge in [0.25, 0.3) is 0 Å². The average molecular weight is 434 g/mol. The van der Waals surface area contributed by atoms with Crippen LogP contribution in [0.1, 0.15) is 41.0 Å². The fourth-order valence-electron chi connectivity index (χ4n) is 2.87. The zero-order chi connectivity index (χ0) is 22.1. The van der Waals surface area contributed by atoms with Crippen LogP contribution in [0.3, 0.4) is 0 Å². The molecular formula is C18H26O10S. The predicted octanol–water partition coefficient (Wildman–Crippen LogP) is 0.782. The van der Waals surface area contributed by atoms with Crippen molar-refractivity contribution in [2.24, 2.45) is 0 Å². The Bertz CT molecular complexity index is 634. The van der Waals surface area contributed by atoms with E-state index >= 15 is 0 Å². The molecule has 0 aromatic heterocycles. The summed E-state index contributed by atoms with van der Waals surface area (Å²) in [6, 6.07) is 0. The van der Waals surface area contributed by atoms with E-state index < -0.39 is 58.7 Å². The van der Waals surface area contributed by atoms with Gasteiger partial charge in [-0.15, -0.1) is 11.8 Å². The summed E-state index contributed by atoms with van der Waals surface area (Å²) in [5.41, 5.74) is 0. The van der Waals surface area contributed by atoms with Crippen LogP contribution in [-0.2, 0) is 47.7 Å². The monoisotopic (exact) mass is 434 g/mol. The largest absolute Gasteiger partial charge is 0.466 e. The Morgan fingerprint density at radius 2 is 1.31 bits per heavy atom. The number of ether oxygens (including phenoxy) is 5. The lowest BCUT2D eigenvalue weighted by Gasteiger charge is -2.28. The molecule has 0 saturated carbocycles. The van der Waals surface area contributed by atoms with Gasteiger partial charge in [0, 0.05) is 39.9 Å². The Balaban J connectivity index is 3.14. The minimum atomic E-state index is -0.955. The van der Waals surface area contributed by atoms with Crippen molar-refractivity contribution in [3.8, 4) is 0 Å². The summed E-state index contributed by atoms with van der Waals surface area (Å²) in [6.45, 7) is 5.90. The van der Waals surface area contributed by atoms with Gasteiger partial charge in [0.05, 0.1) is 11.9 Å². The predicted molar refractivity (Wildman–Crippen MR) is 99.7 cm³/mol. The molecule has 1 aliphatic rings. The molecule has 0 bridgehead atoms. The van der Waals surface area contributed by atoms with Gasteiger partial charge in [-0.1, -0.05) is 0 Å². The molecule has 0 spiro atoms. The normalized spacial score (nSPS) is 24.2. The van der Waals surface area contributed by atoms with E-state index in [0.717, 1.165) is 0 Å². The SMILES string of the molecule is CC(=O)OCC[C@@H]1S[C@@H]([C@@H](COC(C)=O)OC(C)=O)[C@H](OC(C)=O)[C@@H]1OC(C)=O. The van der Waals surface area contributed by atoms with Crippen LogP contribution in [0.5, 0.6) is 0 Å². The van der Waals surface area contributed by atoms with Gasteiger partial charge in [-0.25, -0.2) is 0 Å². The molecule has 0 unspecified atom stereocenters. The molecule has 10 nitrogen and oxygen atoms in total. The minimum Gasteiger partial charge on any atom is -0.466 e. The zero-order valence-electron chi connectivity index (χ0n) is 17.0. The van der Waals surface area contributed by atoms with Crippen molar-refractivity contribution in [1.29, 1.82) is 0 Å². The second kappa shape index (κ2) is 11.6. The van der Waals surface area contributed by atoms with Crippen LogP contribution in [-0.4, -0.2) is 71.9 Å². The molecule has 0 aromatic carbocycles. The molecule has 1 saturated heterocycles. The molecular weight excluding hydrogens is 408 g/mol. The highest BCUT2D eigenvalue weighted by Crippen LogP contribution is 2.42. The van der Waals surface area contributed by atoms with Crippen LogP contribution < -0.4 is 0 Å². The van der Waals surface area contributed by atoms with Gasteiger partial charge in [0.2, 0.25) is 0 Å². The third-order valence-electron chi connectivity index (χ3n) is 3.79. The third-order valence-corrected chi connectivity index (χ3v) is 5.53. The summed E-state index contributed by atoms with van der Waals surface area (Å²) in [7, 11) is 0. The second-order valence-electron chi connectivity index (χ2n) is 6.37. The summed E-state index contributed by atoms with van der Waals surface area (Å²) in [5.74, 6) is -2.85. The van der Waals surface area contributed by atoms with Gasteiger partial charge in [-0.2, -0.15) is 0 Å². The molecule has 1 fully saturated rings. The summed E-state index contributed by atoms with van der Waals surface area (Å²) in [6.07, 6.45) is -2.46. The maximum absolute atomic E-state index is 11.7. The third kappa shape index (κ3) is 8.71. The van der Waals surface area contributed by atoms with E-state index in [4.69, 9.17) is 23.7 Å². The van der Waals surface area contributed by atoms with E-state index in [0.29, 0.717) is 6.42 Å². The number of carbonyl (C=O) groups excluding carboxylic acids is 5. The van der Waals surface area contributed by atoms with Gasteiger partial charge in [0.15, 0.2) is 18.3 Å². The maximum atomic E-state index is 11.7. The van der Waals surface area contributed by atoms with Gasteiger partial charge in [-0.05, 0) is 6.42 Å². The average Bonchev–Trinajstić information content (AvgIpc) is 2.87. The van der Waals surface area contributed by atoms with Gasteiger partial charge >= 0.3 is 29.8 Å². The number of rotatable bonds is 9. The van der Waals surface area contributed by atoms with Crippen molar-refractivity contribution in [2.75, 3.05) is 13.2 Å². The highest BCUT2D eigenvalue weighted by molar-refractivity contribution is 8.01. The highest BCUT2D eigenvalue weighted by atomic mass is 32.2. The van der Waals surface area contributed by atoms with Crippen LogP contribution >= 0.6 is 11.8 Å². The Hall–Kier alpha value is -2.30. The van der Waals surface area contributed by atoms with E-state index in [2.05, 4.69) is 0 Å². The first-order valence-electron chi connectivity index (χ1n) is 8.95. The van der Waals surface area contributed by atoms with Crippen molar-refractivity contribution < 1.29 is 47.7 Å². The second-order valence-corrected chi connectivity index (χ2v) is 7.79. The Labute approximate surface area is 172 Å². The minimum absolute atomic E-state index is 0.0620. The first-order valence-corrected chi connectivity index (χ1v) is 9.89. The molecule has 11 heteroatoms. The molecule has 29 heavy (non-hydrogen) atoms. The lowest BCUT2D eigenvalue weighted by molar-refractivity contribution is -0.170. The number of hydrogen-bond acceptors (Lipinski definition) is 11. The molecule has 1 rings (SSSR count). The fourth-order valence-corrected chi connectivity index (χ4v) is 4.55. The summed E-state index contributed by atoms with van der Waals surface area (Å²) >= 11 is 1.25. The van der Waals surface area contributed by atoms with E-state index in [-0.39, 0.29) is 13.2 Å². The number of thioether (sulfide) groups is 1. The molecule has 1 aliphatic heterocycles. The molecule has 164 valence electrons. The number of hydrogen-bond donors (Lipinski definition) is 0. The van der Waals surface area contributed by atoms with Crippen LogP contribution in [0.2, 0.25) is 0 Å². The van der Waals surface area contributed by atoms with Crippen molar-refractivity contribution in [3.63, 3.8) is 0 Å². The van der Waals surface area contributed by atoms with Gasteiger partial charge < -0.3 is 23.7 Å². The van der Waals surface area contributed by atoms with E-state index in [9.17, 15) is 24.0 Å². The lowest BCUT2D eigenvalue weighted by atomic mass is 10.0. The number of esters is 5. The van der Waals surface area contributed by atoms with Gasteiger partial charge in [-0.3, -0.25) is 24.0 Å². The van der Waals surface area contributed by atoms with Crippen LogP contribution in [0.15, 0.2) is 0 Å². The van der Waals surface area contributed by atoms with Crippen molar-refractivity contribution >= 4 is 41.6 Å². The molecule has 5 atom stereocenters. The molecule has 0 N–H and O–H groups in total. The van der Waals surface area contributed by atoms with E-state index in [1.54, 1.807) is 0 Å². The molecule has 0 radical (unpaired) electrons. The van der Waals surface area contributed by atoms with Crippen molar-refractivity contribution in [2.45, 2.75) is 69.9 Å². The topological polar surface area (TPSA) is 132 Å². The smallest absolute Gasteiger partial charge is 0.303 e. The standard InChI is InChI=1S/C18H26O10S/c1-9(19)24-7-6-15-16(27-12(4)22)17(28-13(5)23)18(29-15)14(26-11(3)21)8-25-10(2)20/h14-18H,6-8H2,1-5H3/t14-,15+,16-,17-,18+/m1/s1. The first kappa shape index (κ1) is 24.7. The summed E-state index contributed by atoms with van der Waals surface area (Å²) in [4.78, 5) is 57.1. The maximum Gasteiger partial charge on any atom is 0.303 e. The molecule has 0 aromatic rings. The lowest BCUT2D eigenvalue weighted by Crippen LogP contribution is -2.46. The van der Waals surface area contributed by atoms with Gasteiger partial charge in [0.1, 0.15) is 6.61 Å². The zero-order valence-corrected chi connectivity index (χ0v) is 17.8. The highest BCUT2D eigenvalue weighted by Gasteiger charge is 2.52. The van der Waals surface area contributed by atoms with Crippen molar-refractivity contribution in [1.82, 2.24) is 0 Å². The Morgan fingerprint density at radius 3 is 1.79 bits per heavy atom. The quantitative estimate of drug-likeness (QED) is 0.377. The summed E-state index contributed by atoms with van der Waals surface area (Å²) in [5, 5.41) is -1.09. The molecule has 0 aliphatic carbocycles. The van der Waals surface area contributed by atoms with Crippen molar-refractivity contribution in [3.05, 3.63) is 0 Å². The number of carbonyl (C=O) groups is 5. The molecule has 1 heterocycles. The van der Waals surface area contributed by atoms with Crippen LogP contribution in [0.25, 0.3) is 0 Å². The van der Waals surface area contributed by atoms with Crippen LogP contribution in [0.4, 0.5) is 0 Å². The Morgan fingerprint density at radius 1 is 0.759 bits per heavy atom. The Kier molecular flexibility index (Phi) is 9.93. The van der Waals surface area contributed by atoms with Crippen LogP contribution in [0, 0.1) is 0 Å². The molecule has 0 amide bonds. The fraction of sp³-hybridized carbons (Fsp3) is 0.722.